The first-order valence-electron chi connectivity index (χ1n) is 11.2. The lowest BCUT2D eigenvalue weighted by molar-refractivity contribution is -0.131. The highest BCUT2D eigenvalue weighted by molar-refractivity contribution is 5.91. The largest absolute Gasteiger partial charge is 0.423 e. The van der Waals surface area contributed by atoms with E-state index in [0.29, 0.717) is 0 Å². The zero-order valence-electron chi connectivity index (χ0n) is 21.6. The number of aliphatic hydroxyl groups is 1. The van der Waals surface area contributed by atoms with Gasteiger partial charge in [0.05, 0.1) is 0 Å². The van der Waals surface area contributed by atoms with Crippen molar-refractivity contribution < 1.29 is 43.2 Å². The van der Waals surface area contributed by atoms with Gasteiger partial charge in [0, 0.05) is 40.0 Å². The van der Waals surface area contributed by atoms with Gasteiger partial charge in [-0.25, -0.2) is 19.2 Å². The van der Waals surface area contributed by atoms with Crippen LogP contribution in [0.25, 0.3) is 0 Å². The summed E-state index contributed by atoms with van der Waals surface area (Å²) < 4.78 is 21.1. The van der Waals surface area contributed by atoms with Crippen molar-refractivity contribution in [3.8, 4) is 23.0 Å². The number of ether oxygens (including phenoxy) is 4. The average molecular weight is 521 g/mol. The van der Waals surface area contributed by atoms with E-state index in [1.54, 1.807) is 0 Å². The molecular weight excluding hydrogens is 492 g/mol. The topological polar surface area (TPSA) is 125 Å². The Morgan fingerprint density at radius 2 is 1.00 bits per heavy atom. The van der Waals surface area contributed by atoms with Gasteiger partial charge in [-0.2, -0.15) is 0 Å². The first-order valence-corrected chi connectivity index (χ1v) is 11.2. The minimum Gasteiger partial charge on any atom is -0.423 e. The van der Waals surface area contributed by atoms with Crippen molar-refractivity contribution >= 4 is 23.9 Å². The Balaban J connectivity index is 2.61. The Bertz CT molecular complexity index is 1320. The van der Waals surface area contributed by atoms with Crippen molar-refractivity contribution in [1.82, 2.24) is 0 Å². The van der Waals surface area contributed by atoms with Crippen molar-refractivity contribution in [2.75, 3.05) is 0 Å². The molecule has 38 heavy (non-hydrogen) atoms. The molecule has 0 radical (unpaired) electrons. The average Bonchev–Trinajstić information content (AvgIpc) is 2.83. The summed E-state index contributed by atoms with van der Waals surface area (Å²) in [4.78, 5) is 48.4. The first kappa shape index (κ1) is 29.5. The highest BCUT2D eigenvalue weighted by atomic mass is 16.6. The fourth-order valence-electron chi connectivity index (χ4n) is 2.71. The molecule has 1 atom stereocenters. The zero-order chi connectivity index (χ0) is 28.7. The van der Waals surface area contributed by atoms with Gasteiger partial charge in [-0.3, -0.25) is 0 Å². The van der Waals surface area contributed by atoms with Crippen LogP contribution in [0.1, 0.15) is 44.9 Å². The molecular formula is C29H28O9. The third-order valence-corrected chi connectivity index (χ3v) is 4.73. The number of esters is 4. The number of benzene rings is 2. The number of carbonyl (C=O) groups is 4. The summed E-state index contributed by atoms with van der Waals surface area (Å²) in [5, 5.41) is 11.3. The molecule has 1 N–H and O–H groups in total. The van der Waals surface area contributed by atoms with E-state index >= 15 is 0 Å². The molecule has 0 bridgehead atoms. The highest BCUT2D eigenvalue weighted by Crippen LogP contribution is 2.37. The maximum atomic E-state index is 12.3. The molecule has 0 fully saturated rings. The van der Waals surface area contributed by atoms with Gasteiger partial charge in [-0.15, -0.1) is 0 Å². The Labute approximate surface area is 220 Å². The van der Waals surface area contributed by atoms with Crippen LogP contribution in [0, 0.1) is 0 Å². The standard InChI is InChI=1S/C29H28O9/c1-15(2)26(31)35-20-9-10-23(24(14-20)38-29(34)18(7)8)25(30)19-11-21(36-27(32)16(3)4)13-22(12-19)37-28(33)17(5)6/h9-14,25,30H,1,3,5,7H2,2,4,6,8H3. The van der Waals surface area contributed by atoms with Crippen molar-refractivity contribution in [2.24, 2.45) is 0 Å². The summed E-state index contributed by atoms with van der Waals surface area (Å²) in [5.74, 6) is -3.19. The van der Waals surface area contributed by atoms with Crippen LogP contribution in [0.5, 0.6) is 23.0 Å². The lowest BCUT2D eigenvalue weighted by Crippen LogP contribution is -2.14. The van der Waals surface area contributed by atoms with Crippen LogP contribution in [0.4, 0.5) is 0 Å². The van der Waals surface area contributed by atoms with Crippen molar-refractivity contribution in [3.05, 3.63) is 96.1 Å². The van der Waals surface area contributed by atoms with Crippen LogP contribution in [-0.2, 0) is 19.2 Å². The zero-order valence-corrected chi connectivity index (χ0v) is 21.6. The molecule has 0 saturated carbocycles. The summed E-state index contributed by atoms with van der Waals surface area (Å²) in [6.07, 6.45) is -1.49. The second-order valence-corrected chi connectivity index (χ2v) is 8.52. The third kappa shape index (κ3) is 7.87. The minimum absolute atomic E-state index is 0.0266. The first-order chi connectivity index (χ1) is 17.7. The number of carbonyl (C=O) groups excluding carboxylic acids is 4. The molecule has 2 aromatic rings. The van der Waals surface area contributed by atoms with Crippen LogP contribution in [0.15, 0.2) is 85.0 Å². The Kier molecular flexibility index (Phi) is 9.67. The van der Waals surface area contributed by atoms with Gasteiger partial charge in [-0.1, -0.05) is 26.3 Å². The smallest absolute Gasteiger partial charge is 0.338 e. The van der Waals surface area contributed by atoms with Crippen molar-refractivity contribution in [1.29, 1.82) is 0 Å². The molecule has 0 aliphatic carbocycles. The second-order valence-electron chi connectivity index (χ2n) is 8.52. The monoisotopic (exact) mass is 520 g/mol. The molecule has 9 nitrogen and oxygen atoms in total. The van der Waals surface area contributed by atoms with E-state index in [1.807, 2.05) is 0 Å². The number of hydrogen-bond donors (Lipinski definition) is 1. The Hall–Kier alpha value is -4.76. The molecule has 2 rings (SSSR count). The maximum absolute atomic E-state index is 12.3. The van der Waals surface area contributed by atoms with Crippen LogP contribution in [-0.4, -0.2) is 29.0 Å². The Morgan fingerprint density at radius 3 is 1.42 bits per heavy atom. The summed E-state index contributed by atoms with van der Waals surface area (Å²) in [5.41, 5.74) is 0.650. The summed E-state index contributed by atoms with van der Waals surface area (Å²) in [6, 6.07) is 7.95. The summed E-state index contributed by atoms with van der Waals surface area (Å²) in [6.45, 7) is 19.9. The van der Waals surface area contributed by atoms with Crippen LogP contribution in [0.3, 0.4) is 0 Å². The maximum Gasteiger partial charge on any atom is 0.338 e. The fraction of sp³-hybridized carbons (Fsp3) is 0.172. The van der Waals surface area contributed by atoms with Gasteiger partial charge in [0.2, 0.25) is 0 Å². The predicted octanol–water partition coefficient (Wildman–Crippen LogP) is 4.69. The van der Waals surface area contributed by atoms with E-state index in [1.165, 1.54) is 64.1 Å². The van der Waals surface area contributed by atoms with Crippen molar-refractivity contribution in [2.45, 2.75) is 33.8 Å². The summed E-state index contributed by atoms with van der Waals surface area (Å²) in [7, 11) is 0. The Morgan fingerprint density at radius 1 is 0.605 bits per heavy atom. The highest BCUT2D eigenvalue weighted by Gasteiger charge is 2.22. The van der Waals surface area contributed by atoms with E-state index in [0.717, 1.165) is 0 Å². The number of aliphatic hydroxyl groups excluding tert-OH is 1. The van der Waals surface area contributed by atoms with Crippen LogP contribution >= 0.6 is 0 Å². The lowest BCUT2D eigenvalue weighted by Gasteiger charge is -2.18. The molecule has 0 saturated heterocycles. The van der Waals surface area contributed by atoms with Gasteiger partial charge in [-0.05, 0) is 57.5 Å². The van der Waals surface area contributed by atoms with Gasteiger partial charge >= 0.3 is 23.9 Å². The minimum atomic E-state index is -1.49. The fourth-order valence-corrected chi connectivity index (χ4v) is 2.71. The van der Waals surface area contributed by atoms with Crippen molar-refractivity contribution in [3.63, 3.8) is 0 Å². The van der Waals surface area contributed by atoms with E-state index in [4.69, 9.17) is 18.9 Å². The quantitative estimate of drug-likeness (QED) is 0.270. The van der Waals surface area contributed by atoms with Gasteiger partial charge in [0.15, 0.2) is 0 Å². The van der Waals surface area contributed by atoms with Gasteiger partial charge in [0.25, 0.3) is 0 Å². The van der Waals surface area contributed by atoms with Crippen LogP contribution in [0.2, 0.25) is 0 Å². The molecule has 1 unspecified atom stereocenters. The molecule has 0 spiro atoms. The van der Waals surface area contributed by atoms with Crippen LogP contribution < -0.4 is 18.9 Å². The molecule has 2 aromatic carbocycles. The lowest BCUT2D eigenvalue weighted by atomic mass is 9.99. The summed E-state index contributed by atoms with van der Waals surface area (Å²) >= 11 is 0. The van der Waals surface area contributed by atoms with E-state index in [9.17, 15) is 24.3 Å². The van der Waals surface area contributed by atoms with E-state index in [-0.39, 0.29) is 56.4 Å². The number of hydrogen-bond acceptors (Lipinski definition) is 9. The predicted molar refractivity (Wildman–Crippen MR) is 139 cm³/mol. The molecule has 198 valence electrons. The van der Waals surface area contributed by atoms with E-state index in [2.05, 4.69) is 26.3 Å². The van der Waals surface area contributed by atoms with Gasteiger partial charge < -0.3 is 24.1 Å². The molecule has 0 aliphatic heterocycles. The molecule has 0 aliphatic rings. The molecule has 0 aromatic heterocycles. The SMILES string of the molecule is C=C(C)C(=O)Oc1cc(OC(=O)C(=C)C)cc(C(O)c2ccc(OC(=O)C(=C)C)cc2OC(=O)C(=C)C)c1. The number of rotatable bonds is 10. The molecule has 0 amide bonds. The molecule has 9 heteroatoms. The molecule has 0 heterocycles. The van der Waals surface area contributed by atoms with Gasteiger partial charge in [0.1, 0.15) is 29.1 Å². The second kappa shape index (κ2) is 12.5. The third-order valence-electron chi connectivity index (χ3n) is 4.73. The van der Waals surface area contributed by atoms with E-state index < -0.39 is 30.0 Å². The normalized spacial score (nSPS) is 11.0.